The molecule has 0 atom stereocenters. The van der Waals surface area contributed by atoms with E-state index in [-0.39, 0.29) is 6.71 Å². The predicted octanol–water partition coefficient (Wildman–Crippen LogP) is 8.86. The van der Waals surface area contributed by atoms with Gasteiger partial charge in [-0.15, -0.1) is 0 Å². The lowest BCUT2D eigenvalue weighted by Crippen LogP contribution is -2.59. The molecule has 8 aromatic rings. The zero-order valence-corrected chi connectivity index (χ0v) is 25.0. The topological polar surface area (TPSA) is 17.4 Å². The molecule has 0 radical (unpaired) electrons. The van der Waals surface area contributed by atoms with Gasteiger partial charge in [0.05, 0.1) is 16.7 Å². The maximum absolute atomic E-state index is 6.56. The molecular formula is C42H27BN2O. The van der Waals surface area contributed by atoms with Gasteiger partial charge >= 0.3 is 0 Å². The molecule has 0 unspecified atom stereocenters. The normalized spacial score (nSPS) is 12.9. The third-order valence-electron chi connectivity index (χ3n) is 9.66. The Balaban J connectivity index is 1.26. The van der Waals surface area contributed by atoms with E-state index in [0.717, 1.165) is 28.6 Å². The number of hydrogen-bond donors (Lipinski definition) is 0. The Morgan fingerprint density at radius 1 is 0.435 bits per heavy atom. The highest BCUT2D eigenvalue weighted by Crippen LogP contribution is 2.46. The van der Waals surface area contributed by atoms with E-state index in [0.29, 0.717) is 0 Å². The highest BCUT2D eigenvalue weighted by atomic mass is 16.5. The monoisotopic (exact) mass is 586 g/mol. The Kier molecular flexibility index (Phi) is 5.37. The van der Waals surface area contributed by atoms with Crippen LogP contribution >= 0.6 is 0 Å². The average Bonchev–Trinajstić information content (AvgIpc) is 3.47. The van der Waals surface area contributed by atoms with Crippen LogP contribution in [0.1, 0.15) is 0 Å². The minimum absolute atomic E-state index is 0.100. The maximum Gasteiger partial charge on any atom is 0.256 e. The number of fused-ring (bicyclic) bond motifs is 7. The van der Waals surface area contributed by atoms with Crippen molar-refractivity contribution in [3.63, 3.8) is 0 Å². The molecule has 0 spiro atoms. The number of rotatable bonds is 3. The third kappa shape index (κ3) is 3.50. The average molecular weight is 587 g/mol. The van der Waals surface area contributed by atoms with Crippen LogP contribution in [0.15, 0.2) is 164 Å². The van der Waals surface area contributed by atoms with Gasteiger partial charge in [0.1, 0.15) is 11.5 Å². The Morgan fingerprint density at radius 3 is 1.98 bits per heavy atom. The lowest BCUT2D eigenvalue weighted by atomic mass is 9.34. The number of ether oxygens (including phenoxy) is 1. The van der Waals surface area contributed by atoms with Crippen molar-refractivity contribution in [1.29, 1.82) is 0 Å². The standard InChI is InChI=1S/C42H27BN2O/c1-2-14-28(15-3-1)44-35-22-9-5-17-31(35)41-30(18-12-24-37(41)44)29-16-4-8-21-34(29)45-36-23-10-6-19-32(36)43-33-20-7-11-26-39(33)46-40-27-13-25-38(45)42(40)43/h1-27H. The van der Waals surface area contributed by atoms with Crippen molar-refractivity contribution in [1.82, 2.24) is 4.57 Å². The molecule has 0 fully saturated rings. The highest BCUT2D eigenvalue weighted by molar-refractivity contribution is 6.99. The molecular weight excluding hydrogens is 559 g/mol. The first-order valence-electron chi connectivity index (χ1n) is 15.8. The first kappa shape index (κ1) is 25.3. The molecule has 3 nitrogen and oxygen atoms in total. The molecule has 3 heterocycles. The summed E-state index contributed by atoms with van der Waals surface area (Å²) in [4.78, 5) is 2.45. The van der Waals surface area contributed by atoms with Crippen LogP contribution in [0.5, 0.6) is 11.5 Å². The summed E-state index contributed by atoms with van der Waals surface area (Å²) in [5, 5.41) is 2.50. The molecule has 2 aliphatic heterocycles. The molecule has 0 aliphatic carbocycles. The molecule has 2 aliphatic rings. The molecule has 0 saturated carbocycles. The number of anilines is 3. The van der Waals surface area contributed by atoms with E-state index in [1.54, 1.807) is 0 Å². The van der Waals surface area contributed by atoms with Crippen molar-refractivity contribution in [2.24, 2.45) is 0 Å². The van der Waals surface area contributed by atoms with Crippen LogP contribution in [0.2, 0.25) is 0 Å². The van der Waals surface area contributed by atoms with Gasteiger partial charge in [-0.1, -0.05) is 109 Å². The second-order valence-corrected chi connectivity index (χ2v) is 12.1. The highest BCUT2D eigenvalue weighted by Gasteiger charge is 2.41. The Hall–Kier alpha value is -6.00. The molecule has 7 aromatic carbocycles. The summed E-state index contributed by atoms with van der Waals surface area (Å²) in [7, 11) is 0. The van der Waals surface area contributed by atoms with E-state index in [1.165, 1.54) is 55.0 Å². The van der Waals surface area contributed by atoms with Gasteiger partial charge in [-0.2, -0.15) is 0 Å². The van der Waals surface area contributed by atoms with E-state index >= 15 is 0 Å². The maximum atomic E-state index is 6.56. The van der Waals surface area contributed by atoms with E-state index in [1.807, 2.05) is 0 Å². The van der Waals surface area contributed by atoms with Crippen LogP contribution in [0.25, 0.3) is 38.6 Å². The summed E-state index contributed by atoms with van der Waals surface area (Å²) in [5.41, 5.74) is 13.2. The van der Waals surface area contributed by atoms with Crippen LogP contribution < -0.4 is 26.0 Å². The SMILES string of the molecule is c1ccc(-n2c3ccccc3c3c(-c4ccccc4N4c5ccccc5B5c6ccccc6Oc6cccc4c65)cccc32)cc1. The smallest absolute Gasteiger partial charge is 0.256 e. The van der Waals surface area contributed by atoms with Gasteiger partial charge in [0.2, 0.25) is 0 Å². The fraction of sp³-hybridized carbons (Fsp3) is 0. The second-order valence-electron chi connectivity index (χ2n) is 12.1. The van der Waals surface area contributed by atoms with Gasteiger partial charge in [-0.3, -0.25) is 0 Å². The summed E-state index contributed by atoms with van der Waals surface area (Å²) >= 11 is 0. The largest absolute Gasteiger partial charge is 0.458 e. The molecule has 0 bridgehead atoms. The van der Waals surface area contributed by atoms with Gasteiger partial charge < -0.3 is 14.2 Å². The predicted molar refractivity (Wildman–Crippen MR) is 192 cm³/mol. The van der Waals surface area contributed by atoms with Gasteiger partial charge in [0.15, 0.2) is 0 Å². The van der Waals surface area contributed by atoms with Gasteiger partial charge in [-0.25, -0.2) is 0 Å². The lowest BCUT2D eigenvalue weighted by Gasteiger charge is -2.40. The van der Waals surface area contributed by atoms with Crippen molar-refractivity contribution in [3.05, 3.63) is 164 Å². The minimum atomic E-state index is 0.100. The third-order valence-corrected chi connectivity index (χ3v) is 9.66. The second kappa shape index (κ2) is 9.75. The molecule has 0 N–H and O–H groups in total. The fourth-order valence-electron chi connectivity index (χ4n) is 7.84. The van der Waals surface area contributed by atoms with Gasteiger partial charge in [-0.05, 0) is 76.5 Å². The number of nitrogens with zero attached hydrogens (tertiary/aromatic N) is 2. The van der Waals surface area contributed by atoms with Crippen molar-refractivity contribution in [2.45, 2.75) is 0 Å². The van der Waals surface area contributed by atoms with Gasteiger partial charge in [0.25, 0.3) is 6.71 Å². The van der Waals surface area contributed by atoms with Crippen LogP contribution in [-0.2, 0) is 0 Å². The number of aromatic nitrogens is 1. The summed E-state index contributed by atoms with van der Waals surface area (Å²) in [6.07, 6.45) is 0. The van der Waals surface area contributed by atoms with Crippen LogP contribution in [0.4, 0.5) is 17.1 Å². The Bertz CT molecular complexity index is 2480. The van der Waals surface area contributed by atoms with Crippen molar-refractivity contribution in [3.8, 4) is 28.3 Å². The fourth-order valence-corrected chi connectivity index (χ4v) is 7.84. The summed E-state index contributed by atoms with van der Waals surface area (Å²) < 4.78 is 8.95. The van der Waals surface area contributed by atoms with Gasteiger partial charge in [0, 0.05) is 33.4 Å². The zero-order valence-electron chi connectivity index (χ0n) is 25.0. The summed E-state index contributed by atoms with van der Waals surface area (Å²) in [5.74, 6) is 1.86. The molecule has 46 heavy (non-hydrogen) atoms. The van der Waals surface area contributed by atoms with E-state index < -0.39 is 0 Å². The van der Waals surface area contributed by atoms with Crippen molar-refractivity contribution >= 4 is 62.0 Å². The Morgan fingerprint density at radius 2 is 1.07 bits per heavy atom. The molecule has 214 valence electrons. The van der Waals surface area contributed by atoms with Crippen LogP contribution in [0.3, 0.4) is 0 Å². The number of benzene rings is 7. The van der Waals surface area contributed by atoms with E-state index in [2.05, 4.69) is 173 Å². The molecule has 0 saturated heterocycles. The molecule has 10 rings (SSSR count). The van der Waals surface area contributed by atoms with E-state index in [9.17, 15) is 0 Å². The summed E-state index contributed by atoms with van der Waals surface area (Å²) in [6.45, 7) is 0.100. The van der Waals surface area contributed by atoms with Crippen molar-refractivity contribution < 1.29 is 4.74 Å². The summed E-state index contributed by atoms with van der Waals surface area (Å²) in [6, 6.07) is 58.8. The number of hydrogen-bond acceptors (Lipinski definition) is 2. The first-order valence-corrected chi connectivity index (χ1v) is 15.8. The quantitative estimate of drug-likeness (QED) is 0.193. The molecule has 1 aromatic heterocycles. The zero-order chi connectivity index (χ0) is 30.2. The van der Waals surface area contributed by atoms with Crippen LogP contribution in [-0.4, -0.2) is 11.3 Å². The molecule has 0 amide bonds. The van der Waals surface area contributed by atoms with Crippen LogP contribution in [0, 0.1) is 0 Å². The molecule has 4 heteroatoms. The van der Waals surface area contributed by atoms with E-state index in [4.69, 9.17) is 4.74 Å². The first-order chi connectivity index (χ1) is 22.9. The lowest BCUT2D eigenvalue weighted by molar-refractivity contribution is 0.487. The number of para-hydroxylation sites is 5. The minimum Gasteiger partial charge on any atom is -0.458 e. The Labute approximate surface area is 267 Å². The van der Waals surface area contributed by atoms with Crippen molar-refractivity contribution in [2.75, 3.05) is 4.90 Å².